The first-order valence-corrected chi connectivity index (χ1v) is 10.1. The molecule has 0 saturated carbocycles. The Balaban J connectivity index is 1.68. The fourth-order valence-electron chi connectivity index (χ4n) is 3.97. The zero-order chi connectivity index (χ0) is 24.6. The normalized spacial score (nSPS) is 23.9. The summed E-state index contributed by atoms with van der Waals surface area (Å²) >= 11 is 0. The maximum Gasteiger partial charge on any atom is 0.376 e. The maximum absolute atomic E-state index is 13.1. The smallest absolute Gasteiger partial charge is 0.376 e. The summed E-state index contributed by atoms with van der Waals surface area (Å²) in [4.78, 5) is 75.6. The van der Waals surface area contributed by atoms with Crippen molar-refractivity contribution in [2.75, 3.05) is 14.2 Å². The lowest BCUT2D eigenvalue weighted by molar-refractivity contribution is -0.157. The van der Waals surface area contributed by atoms with Crippen molar-refractivity contribution in [2.24, 2.45) is 11.8 Å². The van der Waals surface area contributed by atoms with Crippen LogP contribution in [0, 0.1) is 11.8 Å². The first-order valence-electron chi connectivity index (χ1n) is 10.1. The van der Waals surface area contributed by atoms with Crippen molar-refractivity contribution in [1.29, 1.82) is 0 Å². The number of rotatable bonds is 7. The molecule has 2 heterocycles. The first-order chi connectivity index (χ1) is 16.3. The van der Waals surface area contributed by atoms with Crippen molar-refractivity contribution in [3.8, 4) is 11.5 Å². The lowest BCUT2D eigenvalue weighted by Crippen LogP contribution is -2.44. The molecule has 0 spiro atoms. The minimum atomic E-state index is -1.70. The molecule has 34 heavy (non-hydrogen) atoms. The molecule has 0 aliphatic carbocycles. The number of hydrogen-bond donors (Lipinski definition) is 0. The predicted molar refractivity (Wildman–Crippen MR) is 111 cm³/mol. The second kappa shape index (κ2) is 8.89. The van der Waals surface area contributed by atoms with Crippen LogP contribution in [0.25, 0.3) is 0 Å². The van der Waals surface area contributed by atoms with E-state index in [-0.39, 0.29) is 11.1 Å². The molecule has 2 aromatic carbocycles. The molecule has 10 heteroatoms. The van der Waals surface area contributed by atoms with Crippen LogP contribution in [0.3, 0.4) is 0 Å². The lowest BCUT2D eigenvalue weighted by atomic mass is 9.81. The molecular weight excluding hydrogens is 448 g/mol. The zero-order valence-electron chi connectivity index (χ0n) is 18.0. The molecule has 0 radical (unpaired) electrons. The number of cyclic esters (lactones) is 2. The van der Waals surface area contributed by atoms with Crippen LogP contribution in [0.15, 0.2) is 48.5 Å². The molecule has 0 N–H and O–H groups in total. The van der Waals surface area contributed by atoms with Gasteiger partial charge in [-0.3, -0.25) is 19.2 Å². The molecule has 0 bridgehead atoms. The van der Waals surface area contributed by atoms with E-state index in [0.29, 0.717) is 11.5 Å². The molecule has 2 aromatic rings. The molecule has 2 saturated heterocycles. The average molecular weight is 466 g/mol. The third-order valence-electron chi connectivity index (χ3n) is 5.75. The third kappa shape index (κ3) is 3.83. The van der Waals surface area contributed by atoms with Crippen molar-refractivity contribution < 1.29 is 47.7 Å². The molecule has 4 atom stereocenters. The van der Waals surface area contributed by atoms with Crippen LogP contribution in [0.5, 0.6) is 11.5 Å². The van der Waals surface area contributed by atoms with Crippen molar-refractivity contribution in [1.82, 2.24) is 0 Å². The molecule has 2 aliphatic rings. The number of carbonyl (C=O) groups excluding carboxylic acids is 6. The van der Waals surface area contributed by atoms with Crippen LogP contribution in [0.1, 0.15) is 20.7 Å². The largest absolute Gasteiger partial charge is 0.497 e. The highest BCUT2D eigenvalue weighted by Gasteiger charge is 2.60. The van der Waals surface area contributed by atoms with E-state index < -0.39 is 59.1 Å². The van der Waals surface area contributed by atoms with Crippen molar-refractivity contribution >= 4 is 35.1 Å². The van der Waals surface area contributed by atoms with Gasteiger partial charge in [0.1, 0.15) is 23.3 Å². The summed E-state index contributed by atoms with van der Waals surface area (Å²) in [5.41, 5.74) is 0.132. The Kier molecular flexibility index (Phi) is 5.97. The zero-order valence-corrected chi connectivity index (χ0v) is 18.0. The van der Waals surface area contributed by atoms with Crippen LogP contribution in [0.4, 0.5) is 0 Å². The number of ketones is 4. The van der Waals surface area contributed by atoms with Crippen molar-refractivity contribution in [2.45, 2.75) is 12.2 Å². The fraction of sp³-hybridized carbons (Fsp3) is 0.250. The second-order valence-corrected chi connectivity index (χ2v) is 7.61. The standard InChI is InChI=1S/C24H18O10/c1-31-13-7-3-11(4-8-13)17(25)15-19(27)23(29)33-21(15)22-16(20(28)24(30)34-22)18(26)12-5-9-14(32-2)10-6-12/h3-10,15-16,21-22H,1-2H3/t15-,16+,21+,22-. The van der Waals surface area contributed by atoms with Crippen LogP contribution in [-0.2, 0) is 28.7 Å². The Morgan fingerprint density at radius 3 is 1.24 bits per heavy atom. The summed E-state index contributed by atoms with van der Waals surface area (Å²) < 4.78 is 20.2. The minimum absolute atomic E-state index is 0.0659. The van der Waals surface area contributed by atoms with Gasteiger partial charge in [0.05, 0.1) is 14.2 Å². The van der Waals surface area contributed by atoms with E-state index in [2.05, 4.69) is 0 Å². The Morgan fingerprint density at radius 2 is 0.941 bits per heavy atom. The monoisotopic (exact) mass is 466 g/mol. The Labute approximate surface area is 192 Å². The van der Waals surface area contributed by atoms with Crippen LogP contribution in [-0.4, -0.2) is 61.5 Å². The van der Waals surface area contributed by atoms with E-state index >= 15 is 0 Å². The summed E-state index contributed by atoms with van der Waals surface area (Å²) in [5, 5.41) is 0. The molecule has 10 nitrogen and oxygen atoms in total. The topological polar surface area (TPSA) is 139 Å². The number of carbonyl (C=O) groups is 6. The Morgan fingerprint density at radius 1 is 0.618 bits per heavy atom. The van der Waals surface area contributed by atoms with Gasteiger partial charge < -0.3 is 18.9 Å². The number of hydrogen-bond acceptors (Lipinski definition) is 10. The van der Waals surface area contributed by atoms with Gasteiger partial charge in [-0.25, -0.2) is 9.59 Å². The molecular formula is C24H18O10. The van der Waals surface area contributed by atoms with Gasteiger partial charge in [-0.15, -0.1) is 0 Å². The molecule has 4 rings (SSSR count). The van der Waals surface area contributed by atoms with Gasteiger partial charge in [0, 0.05) is 11.1 Å². The summed E-state index contributed by atoms with van der Waals surface area (Å²) in [6.45, 7) is 0. The highest BCUT2D eigenvalue weighted by atomic mass is 16.6. The molecule has 2 aliphatic heterocycles. The van der Waals surface area contributed by atoms with Crippen molar-refractivity contribution in [3.05, 3.63) is 59.7 Å². The highest BCUT2D eigenvalue weighted by molar-refractivity contribution is 6.43. The van der Waals surface area contributed by atoms with Gasteiger partial charge in [-0.2, -0.15) is 0 Å². The number of Topliss-reactive ketones (excluding diaryl/α,β-unsaturated/α-hetero) is 4. The number of methoxy groups -OCH3 is 2. The molecule has 0 unspecified atom stereocenters. The van der Waals surface area contributed by atoms with E-state index in [1.54, 1.807) is 0 Å². The molecule has 0 aromatic heterocycles. The summed E-state index contributed by atoms with van der Waals surface area (Å²) in [7, 11) is 2.87. The van der Waals surface area contributed by atoms with E-state index in [1.165, 1.54) is 62.8 Å². The highest BCUT2D eigenvalue weighted by Crippen LogP contribution is 2.35. The summed E-state index contributed by atoms with van der Waals surface area (Å²) in [6.07, 6.45) is -3.28. The Bertz CT molecular complexity index is 1100. The van der Waals surface area contributed by atoms with Gasteiger partial charge in [-0.1, -0.05) is 0 Å². The predicted octanol–water partition coefficient (Wildman–Crippen LogP) is 0.991. The van der Waals surface area contributed by atoms with Crippen LogP contribution < -0.4 is 9.47 Å². The minimum Gasteiger partial charge on any atom is -0.497 e. The third-order valence-corrected chi connectivity index (χ3v) is 5.75. The summed E-state index contributed by atoms with van der Waals surface area (Å²) in [5.74, 6) is -8.99. The quantitative estimate of drug-likeness (QED) is 0.251. The Hall–Kier alpha value is -4.34. The average Bonchev–Trinajstić information content (AvgIpc) is 3.32. The van der Waals surface area contributed by atoms with Gasteiger partial charge >= 0.3 is 11.9 Å². The van der Waals surface area contributed by atoms with Gasteiger partial charge in [0.15, 0.2) is 23.8 Å². The first kappa shape index (κ1) is 22.8. The number of ether oxygens (including phenoxy) is 4. The maximum atomic E-state index is 13.1. The molecule has 2 fully saturated rings. The summed E-state index contributed by atoms with van der Waals surface area (Å²) in [6, 6.07) is 11.5. The molecule has 174 valence electrons. The fourth-order valence-corrected chi connectivity index (χ4v) is 3.97. The lowest BCUT2D eigenvalue weighted by Gasteiger charge is -2.24. The van der Waals surface area contributed by atoms with Crippen LogP contribution >= 0.6 is 0 Å². The van der Waals surface area contributed by atoms with Crippen LogP contribution in [0.2, 0.25) is 0 Å². The van der Waals surface area contributed by atoms with Gasteiger partial charge in [0.25, 0.3) is 11.6 Å². The second-order valence-electron chi connectivity index (χ2n) is 7.61. The van der Waals surface area contributed by atoms with Crippen molar-refractivity contribution in [3.63, 3.8) is 0 Å². The molecule has 0 amide bonds. The van der Waals surface area contributed by atoms with Gasteiger partial charge in [-0.05, 0) is 48.5 Å². The van der Waals surface area contributed by atoms with E-state index in [4.69, 9.17) is 18.9 Å². The number of benzene rings is 2. The van der Waals surface area contributed by atoms with E-state index in [1.807, 2.05) is 0 Å². The van der Waals surface area contributed by atoms with E-state index in [0.717, 1.165) is 0 Å². The van der Waals surface area contributed by atoms with Gasteiger partial charge in [0.2, 0.25) is 0 Å². The number of esters is 2. The SMILES string of the molecule is COc1ccc(C(=O)[C@H]2C(=O)C(=O)O[C@H]2[C@H]2OC(=O)C(=O)[C@H]2C(=O)c2ccc(OC)cc2)cc1. The van der Waals surface area contributed by atoms with E-state index in [9.17, 15) is 28.8 Å².